The van der Waals surface area contributed by atoms with Crippen LogP contribution in [0.15, 0.2) is 77.7 Å². The number of hydrogen-bond acceptors (Lipinski definition) is 4. The molecule has 4 rings (SSSR count). The largest absolute Gasteiger partial charge is 0.489 e. The first-order valence-electron chi connectivity index (χ1n) is 9.49. The van der Waals surface area contributed by atoms with E-state index in [1.807, 2.05) is 0 Å². The van der Waals surface area contributed by atoms with Gasteiger partial charge in [-0.2, -0.15) is 13.2 Å². The number of carbonyl (C=O) groups excluding carboxylic acids is 1. The number of carbonyl (C=O) groups is 1. The summed E-state index contributed by atoms with van der Waals surface area (Å²) in [4.78, 5) is 12.1. The van der Waals surface area contributed by atoms with Gasteiger partial charge < -0.3 is 10.1 Å². The number of alkyl halides is 3. The van der Waals surface area contributed by atoms with Crippen molar-refractivity contribution in [3.8, 4) is 5.75 Å². The number of nitrogens with zero attached hydrogens (tertiary/aromatic N) is 1. The Morgan fingerprint density at radius 1 is 0.969 bits per heavy atom. The molecular formula is C22H17F3N2O4S. The average molecular weight is 462 g/mol. The van der Waals surface area contributed by atoms with Crippen LogP contribution in [0.25, 0.3) is 0 Å². The van der Waals surface area contributed by atoms with Gasteiger partial charge in [0.2, 0.25) is 0 Å². The number of anilines is 2. The highest BCUT2D eigenvalue weighted by molar-refractivity contribution is 7.92. The smallest absolute Gasteiger partial charge is 0.416 e. The van der Waals surface area contributed by atoms with Crippen molar-refractivity contribution in [3.05, 3.63) is 83.9 Å². The predicted octanol–water partition coefficient (Wildman–Crippen LogP) is 4.55. The summed E-state index contributed by atoms with van der Waals surface area (Å²) in [5.41, 5.74) is -0.264. The van der Waals surface area contributed by atoms with Crippen molar-refractivity contribution in [2.45, 2.75) is 11.1 Å². The van der Waals surface area contributed by atoms with Gasteiger partial charge in [-0.1, -0.05) is 24.3 Å². The lowest BCUT2D eigenvalue weighted by molar-refractivity contribution is -0.137. The number of para-hydroxylation sites is 1. The highest BCUT2D eigenvalue weighted by Crippen LogP contribution is 2.37. The Bertz CT molecular complexity index is 1260. The van der Waals surface area contributed by atoms with Crippen LogP contribution in [-0.4, -0.2) is 27.5 Å². The Kier molecular flexibility index (Phi) is 5.55. The highest BCUT2D eigenvalue weighted by atomic mass is 32.2. The molecule has 3 aromatic rings. The van der Waals surface area contributed by atoms with Crippen LogP contribution in [0.1, 0.15) is 15.9 Å². The number of rotatable bonds is 4. The van der Waals surface area contributed by atoms with Crippen molar-refractivity contribution in [1.29, 1.82) is 0 Å². The molecule has 0 fully saturated rings. The van der Waals surface area contributed by atoms with Gasteiger partial charge in [-0.15, -0.1) is 0 Å². The first-order valence-corrected chi connectivity index (χ1v) is 10.9. The van der Waals surface area contributed by atoms with E-state index < -0.39 is 32.6 Å². The zero-order chi connectivity index (χ0) is 22.9. The second kappa shape index (κ2) is 8.19. The average Bonchev–Trinajstić information content (AvgIpc) is 2.78. The van der Waals surface area contributed by atoms with Crippen molar-refractivity contribution in [1.82, 2.24) is 0 Å². The lowest BCUT2D eigenvalue weighted by Gasteiger charge is -2.31. The quantitative estimate of drug-likeness (QED) is 0.618. The number of ether oxygens (including phenoxy) is 1. The summed E-state index contributed by atoms with van der Waals surface area (Å²) >= 11 is 0. The van der Waals surface area contributed by atoms with E-state index in [-0.39, 0.29) is 30.2 Å². The number of amides is 1. The molecule has 0 radical (unpaired) electrons. The zero-order valence-electron chi connectivity index (χ0n) is 16.5. The van der Waals surface area contributed by atoms with Crippen molar-refractivity contribution in [3.63, 3.8) is 0 Å². The third-order valence-corrected chi connectivity index (χ3v) is 6.63. The second-order valence-corrected chi connectivity index (χ2v) is 8.82. The van der Waals surface area contributed by atoms with Crippen LogP contribution >= 0.6 is 0 Å². The summed E-state index contributed by atoms with van der Waals surface area (Å²) in [7, 11) is -4.34. The van der Waals surface area contributed by atoms with Gasteiger partial charge in [0.25, 0.3) is 15.9 Å². The van der Waals surface area contributed by atoms with Gasteiger partial charge in [-0.25, -0.2) is 8.42 Å². The first-order chi connectivity index (χ1) is 15.2. The third kappa shape index (κ3) is 4.26. The summed E-state index contributed by atoms with van der Waals surface area (Å²) in [6.45, 7) is -0.101. The maximum Gasteiger partial charge on any atom is 0.416 e. The summed E-state index contributed by atoms with van der Waals surface area (Å²) in [6, 6.07) is 16.5. The molecule has 6 nitrogen and oxygen atoms in total. The van der Waals surface area contributed by atoms with E-state index in [9.17, 15) is 26.4 Å². The molecule has 0 aromatic heterocycles. The van der Waals surface area contributed by atoms with E-state index in [1.165, 1.54) is 18.2 Å². The Labute approximate surface area is 182 Å². The Morgan fingerprint density at radius 2 is 1.72 bits per heavy atom. The molecule has 10 heteroatoms. The van der Waals surface area contributed by atoms with E-state index >= 15 is 0 Å². The molecule has 0 unspecified atom stereocenters. The van der Waals surface area contributed by atoms with Crippen LogP contribution in [0.4, 0.5) is 24.5 Å². The maximum atomic E-state index is 13.2. The van der Waals surface area contributed by atoms with Gasteiger partial charge in [-0.3, -0.25) is 9.10 Å². The fraction of sp³-hybridized carbons (Fsp3) is 0.136. The zero-order valence-corrected chi connectivity index (χ0v) is 17.3. The van der Waals surface area contributed by atoms with Crippen LogP contribution in [-0.2, 0) is 16.2 Å². The van der Waals surface area contributed by atoms with Gasteiger partial charge in [0.15, 0.2) is 0 Å². The van der Waals surface area contributed by atoms with Crippen LogP contribution in [0.3, 0.4) is 0 Å². The summed E-state index contributed by atoms with van der Waals surface area (Å²) in [5.74, 6) is -0.260. The van der Waals surface area contributed by atoms with E-state index in [0.29, 0.717) is 11.8 Å². The van der Waals surface area contributed by atoms with Crippen LogP contribution in [0, 0.1) is 0 Å². The van der Waals surface area contributed by atoms with E-state index in [0.717, 1.165) is 22.5 Å². The molecule has 0 bridgehead atoms. The molecular weight excluding hydrogens is 445 g/mol. The van der Waals surface area contributed by atoms with E-state index in [1.54, 1.807) is 30.3 Å². The molecule has 1 heterocycles. The molecule has 1 N–H and O–H groups in total. The SMILES string of the molecule is O=C(Nc1ccccc1)c1ccc2c(c1)N(S(=O)(=O)c1cccc(C(F)(F)F)c1)CCO2. The molecule has 1 amide bonds. The van der Waals surface area contributed by atoms with E-state index in [2.05, 4.69) is 5.32 Å². The van der Waals surface area contributed by atoms with Gasteiger partial charge in [-0.05, 0) is 48.5 Å². The normalized spacial score (nSPS) is 13.8. The van der Waals surface area contributed by atoms with Gasteiger partial charge in [0, 0.05) is 11.3 Å². The Hall–Kier alpha value is -3.53. The highest BCUT2D eigenvalue weighted by Gasteiger charge is 2.35. The van der Waals surface area contributed by atoms with Gasteiger partial charge >= 0.3 is 6.18 Å². The lowest BCUT2D eigenvalue weighted by atomic mass is 10.1. The summed E-state index contributed by atoms with van der Waals surface area (Å²) in [6.07, 6.45) is -4.68. The minimum absolute atomic E-state index is 0.0146. The van der Waals surface area contributed by atoms with Crippen LogP contribution < -0.4 is 14.4 Å². The standard InChI is InChI=1S/C22H17F3N2O4S/c23-22(24,25)16-5-4-8-18(14-16)32(29,30)27-11-12-31-20-10-9-15(13-19(20)27)21(28)26-17-6-2-1-3-7-17/h1-10,13-14H,11-12H2,(H,26,28). The van der Waals surface area contributed by atoms with E-state index in [4.69, 9.17) is 4.74 Å². The Balaban J connectivity index is 1.70. The number of nitrogens with one attached hydrogen (secondary N) is 1. The molecule has 0 saturated carbocycles. The fourth-order valence-corrected chi connectivity index (χ4v) is 4.77. The molecule has 0 aliphatic carbocycles. The van der Waals surface area contributed by atoms with Crippen molar-refractivity contribution < 1.29 is 31.1 Å². The monoisotopic (exact) mass is 462 g/mol. The molecule has 3 aromatic carbocycles. The molecule has 166 valence electrons. The molecule has 0 saturated heterocycles. The molecule has 1 aliphatic heterocycles. The van der Waals surface area contributed by atoms with Crippen molar-refractivity contribution >= 4 is 27.3 Å². The Morgan fingerprint density at radius 3 is 2.44 bits per heavy atom. The second-order valence-electron chi connectivity index (χ2n) is 6.95. The maximum absolute atomic E-state index is 13.2. The summed E-state index contributed by atoms with van der Waals surface area (Å²) < 4.78 is 72.1. The number of benzene rings is 3. The first kappa shape index (κ1) is 21.7. The lowest BCUT2D eigenvalue weighted by Crippen LogP contribution is -2.38. The summed E-state index contributed by atoms with van der Waals surface area (Å²) in [5, 5.41) is 2.70. The van der Waals surface area contributed by atoms with Gasteiger partial charge in [0.05, 0.1) is 22.7 Å². The molecule has 1 aliphatic rings. The number of hydrogen-bond donors (Lipinski definition) is 1. The number of fused-ring (bicyclic) bond motifs is 1. The molecule has 32 heavy (non-hydrogen) atoms. The molecule has 0 spiro atoms. The van der Waals surface area contributed by atoms with Crippen molar-refractivity contribution in [2.75, 3.05) is 22.8 Å². The predicted molar refractivity (Wildman–Crippen MR) is 112 cm³/mol. The van der Waals surface area contributed by atoms with Crippen LogP contribution in [0.2, 0.25) is 0 Å². The topological polar surface area (TPSA) is 75.7 Å². The van der Waals surface area contributed by atoms with Crippen LogP contribution in [0.5, 0.6) is 5.75 Å². The minimum Gasteiger partial charge on any atom is -0.489 e. The number of halogens is 3. The molecule has 0 atom stereocenters. The third-order valence-electron chi connectivity index (χ3n) is 4.82. The number of sulfonamides is 1. The van der Waals surface area contributed by atoms with Crippen molar-refractivity contribution in [2.24, 2.45) is 0 Å². The van der Waals surface area contributed by atoms with Gasteiger partial charge in [0.1, 0.15) is 12.4 Å². The fourth-order valence-electron chi connectivity index (χ4n) is 3.27. The minimum atomic E-state index is -4.68.